The second-order valence-corrected chi connectivity index (χ2v) is 5.96. The highest BCUT2D eigenvalue weighted by atomic mass is 16.2. The number of ketones is 1. The monoisotopic (exact) mass is 344 g/mol. The number of Topliss-reactive ketones (excluding diaryl/α,β-unsaturated/α-hetero) is 1. The van der Waals surface area contributed by atoms with Gasteiger partial charge in [0.25, 0.3) is 0 Å². The average molecular weight is 344 g/mol. The minimum atomic E-state index is -0.336. The lowest BCUT2D eigenvalue weighted by molar-refractivity contribution is -0.121. The maximum Gasteiger partial charge on any atom is 0.221 e. The number of nitrogens with one attached hydrogen (secondary N) is 1. The molecule has 0 saturated heterocycles. The molecule has 1 heterocycles. The molecule has 3 rings (SSSR count). The van der Waals surface area contributed by atoms with E-state index >= 15 is 0 Å². The van der Waals surface area contributed by atoms with Crippen molar-refractivity contribution in [3.8, 4) is 0 Å². The molecule has 3 aromatic rings. The Morgan fingerprint density at radius 2 is 1.46 bits per heavy atom. The molecule has 1 aromatic heterocycles. The van der Waals surface area contributed by atoms with Gasteiger partial charge in [0.1, 0.15) is 0 Å². The van der Waals surface area contributed by atoms with Crippen LogP contribution in [0.4, 0.5) is 0 Å². The molecule has 0 aliphatic rings. The normalized spacial score (nSPS) is 11.5. The fraction of sp³-hybridized carbons (Fsp3) is 0.136. The van der Waals surface area contributed by atoms with E-state index in [4.69, 9.17) is 0 Å². The van der Waals surface area contributed by atoms with Crippen molar-refractivity contribution in [1.29, 1.82) is 0 Å². The van der Waals surface area contributed by atoms with Gasteiger partial charge < -0.3 is 5.32 Å². The summed E-state index contributed by atoms with van der Waals surface area (Å²) in [5.41, 5.74) is 2.35. The highest BCUT2D eigenvalue weighted by Crippen LogP contribution is 2.20. The number of nitrogens with zero attached hydrogens (tertiary/aromatic N) is 1. The van der Waals surface area contributed by atoms with E-state index in [1.807, 2.05) is 66.7 Å². The molecule has 4 heteroatoms. The van der Waals surface area contributed by atoms with Gasteiger partial charge in [0.05, 0.1) is 11.7 Å². The predicted molar refractivity (Wildman–Crippen MR) is 101 cm³/mol. The number of rotatable bonds is 7. The van der Waals surface area contributed by atoms with E-state index in [-0.39, 0.29) is 30.6 Å². The zero-order chi connectivity index (χ0) is 18.2. The fourth-order valence-electron chi connectivity index (χ4n) is 2.75. The van der Waals surface area contributed by atoms with E-state index in [0.29, 0.717) is 5.56 Å². The van der Waals surface area contributed by atoms with Gasteiger partial charge in [0.15, 0.2) is 5.78 Å². The maximum atomic E-state index is 12.4. The number of aromatic nitrogens is 1. The highest BCUT2D eigenvalue weighted by Gasteiger charge is 2.18. The van der Waals surface area contributed by atoms with Crippen LogP contribution in [0.15, 0.2) is 85.1 Å². The Balaban J connectivity index is 1.67. The Morgan fingerprint density at radius 1 is 0.808 bits per heavy atom. The number of pyridine rings is 1. The molecule has 1 atom stereocenters. The fourth-order valence-corrected chi connectivity index (χ4v) is 2.75. The molecule has 0 spiro atoms. The van der Waals surface area contributed by atoms with Crippen LogP contribution in [-0.2, 0) is 4.79 Å². The molecular formula is C22H20N2O2. The Bertz CT molecular complexity index is 810. The molecule has 1 amide bonds. The average Bonchev–Trinajstić information content (AvgIpc) is 2.72. The smallest absolute Gasteiger partial charge is 0.221 e. The molecule has 4 nitrogen and oxygen atoms in total. The minimum Gasteiger partial charge on any atom is -0.344 e. The van der Waals surface area contributed by atoms with Crippen molar-refractivity contribution >= 4 is 11.7 Å². The van der Waals surface area contributed by atoms with E-state index in [0.717, 1.165) is 11.3 Å². The van der Waals surface area contributed by atoms with Crippen molar-refractivity contribution in [2.24, 2.45) is 0 Å². The lowest BCUT2D eigenvalue weighted by Crippen LogP contribution is -2.30. The van der Waals surface area contributed by atoms with Crippen LogP contribution >= 0.6 is 0 Å². The summed E-state index contributed by atoms with van der Waals surface area (Å²) in [6, 6.07) is 24.0. The van der Waals surface area contributed by atoms with Crippen molar-refractivity contribution in [3.05, 3.63) is 102 Å². The molecule has 2 aromatic carbocycles. The lowest BCUT2D eigenvalue weighted by Gasteiger charge is -2.18. The van der Waals surface area contributed by atoms with Crippen molar-refractivity contribution in [3.63, 3.8) is 0 Å². The van der Waals surface area contributed by atoms with Gasteiger partial charge in [0, 0.05) is 24.6 Å². The summed E-state index contributed by atoms with van der Waals surface area (Å²) < 4.78 is 0. The van der Waals surface area contributed by atoms with Gasteiger partial charge in [-0.05, 0) is 17.7 Å². The van der Waals surface area contributed by atoms with Gasteiger partial charge in [-0.25, -0.2) is 0 Å². The number of amides is 1. The number of benzene rings is 2. The quantitative estimate of drug-likeness (QED) is 0.660. The predicted octanol–water partition coefficient (Wildman–Crippen LogP) is 3.95. The Hall–Kier alpha value is -3.27. The Morgan fingerprint density at radius 3 is 2.12 bits per heavy atom. The number of carbonyl (C=O) groups excluding carboxylic acids is 2. The van der Waals surface area contributed by atoms with Crippen molar-refractivity contribution < 1.29 is 9.59 Å². The van der Waals surface area contributed by atoms with Gasteiger partial charge in [-0.1, -0.05) is 66.7 Å². The van der Waals surface area contributed by atoms with Crippen LogP contribution in [0.3, 0.4) is 0 Å². The number of carbonyl (C=O) groups is 2. The molecule has 26 heavy (non-hydrogen) atoms. The summed E-state index contributed by atoms with van der Waals surface area (Å²) >= 11 is 0. The minimum absolute atomic E-state index is 0.0325. The van der Waals surface area contributed by atoms with E-state index in [9.17, 15) is 9.59 Å². The Labute approximate surface area is 152 Å². The SMILES string of the molecule is O=C(CCC(=O)c1ccccc1)NC(c1ccccc1)c1ccccn1. The van der Waals surface area contributed by atoms with E-state index in [1.165, 1.54) is 0 Å². The van der Waals surface area contributed by atoms with Crippen LogP contribution in [0.1, 0.15) is 40.5 Å². The van der Waals surface area contributed by atoms with Gasteiger partial charge in [-0.2, -0.15) is 0 Å². The molecule has 1 N–H and O–H groups in total. The molecule has 1 unspecified atom stereocenters. The molecule has 0 aliphatic heterocycles. The summed E-state index contributed by atoms with van der Waals surface area (Å²) in [6.07, 6.45) is 2.03. The van der Waals surface area contributed by atoms with Crippen LogP contribution in [0, 0.1) is 0 Å². The molecule has 0 fully saturated rings. The van der Waals surface area contributed by atoms with E-state index in [1.54, 1.807) is 18.3 Å². The first kappa shape index (κ1) is 17.5. The van der Waals surface area contributed by atoms with Crippen molar-refractivity contribution in [2.45, 2.75) is 18.9 Å². The maximum absolute atomic E-state index is 12.4. The largest absolute Gasteiger partial charge is 0.344 e. The third-order valence-electron chi connectivity index (χ3n) is 4.10. The Kier molecular flexibility index (Phi) is 5.88. The zero-order valence-electron chi connectivity index (χ0n) is 14.3. The van der Waals surface area contributed by atoms with Gasteiger partial charge in [-0.3, -0.25) is 14.6 Å². The summed E-state index contributed by atoms with van der Waals surface area (Å²) in [5.74, 6) is -0.205. The standard InChI is InChI=1S/C22H20N2O2/c25-20(17-9-3-1-4-10-17)14-15-21(26)24-22(18-11-5-2-6-12-18)19-13-7-8-16-23-19/h1-13,16,22H,14-15H2,(H,24,26). The third kappa shape index (κ3) is 4.63. The van der Waals surface area contributed by atoms with Crippen molar-refractivity contribution in [2.75, 3.05) is 0 Å². The second-order valence-electron chi connectivity index (χ2n) is 5.96. The van der Waals surface area contributed by atoms with Gasteiger partial charge in [-0.15, -0.1) is 0 Å². The van der Waals surface area contributed by atoms with Crippen LogP contribution in [-0.4, -0.2) is 16.7 Å². The van der Waals surface area contributed by atoms with Gasteiger partial charge >= 0.3 is 0 Å². The summed E-state index contributed by atoms with van der Waals surface area (Å²) in [4.78, 5) is 29.0. The number of hydrogen-bond acceptors (Lipinski definition) is 3. The van der Waals surface area contributed by atoms with Crippen LogP contribution in [0.5, 0.6) is 0 Å². The molecule has 0 bridgehead atoms. The highest BCUT2D eigenvalue weighted by molar-refractivity contribution is 5.97. The van der Waals surface area contributed by atoms with Crippen LogP contribution in [0.2, 0.25) is 0 Å². The van der Waals surface area contributed by atoms with Gasteiger partial charge in [0.2, 0.25) is 5.91 Å². The summed E-state index contributed by atoms with van der Waals surface area (Å²) in [5, 5.41) is 3.00. The third-order valence-corrected chi connectivity index (χ3v) is 4.10. The van der Waals surface area contributed by atoms with E-state index in [2.05, 4.69) is 10.3 Å². The van der Waals surface area contributed by atoms with Crippen molar-refractivity contribution in [1.82, 2.24) is 10.3 Å². The molecule has 0 radical (unpaired) electrons. The zero-order valence-corrected chi connectivity index (χ0v) is 14.3. The van der Waals surface area contributed by atoms with E-state index < -0.39 is 0 Å². The number of hydrogen-bond donors (Lipinski definition) is 1. The molecule has 130 valence electrons. The van der Waals surface area contributed by atoms with Crippen LogP contribution < -0.4 is 5.32 Å². The topological polar surface area (TPSA) is 59.1 Å². The first-order valence-corrected chi connectivity index (χ1v) is 8.57. The molecular weight excluding hydrogens is 324 g/mol. The lowest BCUT2D eigenvalue weighted by atomic mass is 10.0. The second kappa shape index (κ2) is 8.72. The molecule has 0 saturated carbocycles. The van der Waals surface area contributed by atoms with Crippen LogP contribution in [0.25, 0.3) is 0 Å². The summed E-state index contributed by atoms with van der Waals surface area (Å²) in [7, 11) is 0. The first-order chi connectivity index (χ1) is 12.7. The first-order valence-electron chi connectivity index (χ1n) is 8.57. The molecule has 0 aliphatic carbocycles. The summed E-state index contributed by atoms with van der Waals surface area (Å²) in [6.45, 7) is 0.